The van der Waals surface area contributed by atoms with Crippen molar-refractivity contribution in [1.82, 2.24) is 10.2 Å². The van der Waals surface area contributed by atoms with Crippen LogP contribution >= 0.6 is 0 Å². The molecule has 0 spiro atoms. The van der Waals surface area contributed by atoms with Gasteiger partial charge in [-0.15, -0.1) is 0 Å². The molecular formula is C15H30N2O3. The van der Waals surface area contributed by atoms with E-state index in [0.29, 0.717) is 13.1 Å². The number of carbonyl (C=O) groups excluding carboxylic acids is 2. The molecule has 2 amide bonds. The maximum atomic E-state index is 12.2. The highest BCUT2D eigenvalue weighted by Crippen LogP contribution is 2.15. The first-order valence-electron chi connectivity index (χ1n) is 7.44. The first-order chi connectivity index (χ1) is 9.16. The Hall–Kier alpha value is -1.26. The van der Waals surface area contributed by atoms with Crippen LogP contribution in [-0.2, 0) is 9.53 Å². The summed E-state index contributed by atoms with van der Waals surface area (Å²) >= 11 is 0. The number of rotatable bonds is 6. The Morgan fingerprint density at radius 3 is 2.00 bits per heavy atom. The molecule has 0 radical (unpaired) electrons. The average Bonchev–Trinajstić information content (AvgIpc) is 2.34. The lowest BCUT2D eigenvalue weighted by atomic mass is 9.99. The van der Waals surface area contributed by atoms with Gasteiger partial charge in [0.1, 0.15) is 11.6 Å². The quantitative estimate of drug-likeness (QED) is 0.764. The largest absolute Gasteiger partial charge is 0.458 e. The Bertz CT molecular complexity index is 320. The fourth-order valence-electron chi connectivity index (χ4n) is 1.77. The normalized spacial score (nSPS) is 14.3. The van der Waals surface area contributed by atoms with Gasteiger partial charge in [-0.25, -0.2) is 9.59 Å². The van der Waals surface area contributed by atoms with Crippen LogP contribution in [0.4, 0.5) is 4.79 Å². The molecule has 2 atom stereocenters. The van der Waals surface area contributed by atoms with E-state index in [0.717, 1.165) is 6.42 Å². The third kappa shape index (κ3) is 6.26. The maximum absolute atomic E-state index is 12.2. The van der Waals surface area contributed by atoms with Crippen molar-refractivity contribution in [3.05, 3.63) is 0 Å². The van der Waals surface area contributed by atoms with Crippen molar-refractivity contribution in [3.63, 3.8) is 0 Å². The molecule has 0 aromatic rings. The monoisotopic (exact) mass is 286 g/mol. The zero-order valence-corrected chi connectivity index (χ0v) is 13.9. The molecule has 0 fully saturated rings. The van der Waals surface area contributed by atoms with E-state index in [1.54, 1.807) is 4.90 Å². The van der Waals surface area contributed by atoms with E-state index in [2.05, 4.69) is 5.32 Å². The lowest BCUT2D eigenvalue weighted by Gasteiger charge is -2.29. The Balaban J connectivity index is 4.90. The van der Waals surface area contributed by atoms with Crippen LogP contribution in [0.2, 0.25) is 0 Å². The lowest BCUT2D eigenvalue weighted by Crippen LogP contribution is -2.52. The van der Waals surface area contributed by atoms with E-state index >= 15 is 0 Å². The average molecular weight is 286 g/mol. The molecule has 1 N–H and O–H groups in total. The van der Waals surface area contributed by atoms with E-state index in [1.807, 2.05) is 48.5 Å². The van der Waals surface area contributed by atoms with E-state index in [1.165, 1.54) is 0 Å². The number of nitrogens with one attached hydrogen (secondary N) is 1. The number of amides is 2. The molecular weight excluding hydrogens is 256 g/mol. The summed E-state index contributed by atoms with van der Waals surface area (Å²) in [5, 5.41) is 2.80. The van der Waals surface area contributed by atoms with Crippen molar-refractivity contribution in [3.8, 4) is 0 Å². The van der Waals surface area contributed by atoms with Crippen molar-refractivity contribution in [2.24, 2.45) is 5.92 Å². The smallest absolute Gasteiger partial charge is 0.329 e. The number of nitrogens with zero attached hydrogens (tertiary/aromatic N) is 1. The highest BCUT2D eigenvalue weighted by Gasteiger charge is 2.31. The van der Waals surface area contributed by atoms with Gasteiger partial charge in [0.05, 0.1) is 0 Å². The van der Waals surface area contributed by atoms with Gasteiger partial charge >= 0.3 is 12.0 Å². The Labute approximate surface area is 123 Å². The molecule has 0 rings (SSSR count). The number of esters is 1. The standard InChI is InChI=1S/C15H30N2O3/c1-8-11(4)12(13(18)20-15(5,6)7)16-14(19)17(9-2)10-3/h11-12H,8-10H2,1-7H3,(H,16,19)/t11-,12-/m0/s1. The van der Waals surface area contributed by atoms with Crippen LogP contribution in [0.15, 0.2) is 0 Å². The summed E-state index contributed by atoms with van der Waals surface area (Å²) in [6, 6.07) is -0.821. The summed E-state index contributed by atoms with van der Waals surface area (Å²) in [5.41, 5.74) is -0.553. The topological polar surface area (TPSA) is 58.6 Å². The lowest BCUT2D eigenvalue weighted by molar-refractivity contribution is -0.158. The third-order valence-corrected chi connectivity index (χ3v) is 3.20. The van der Waals surface area contributed by atoms with Crippen molar-refractivity contribution in [2.75, 3.05) is 13.1 Å². The molecule has 0 aromatic heterocycles. The van der Waals surface area contributed by atoms with Gasteiger partial charge in [-0.05, 0) is 40.5 Å². The molecule has 0 bridgehead atoms. The molecule has 5 heteroatoms. The summed E-state index contributed by atoms with van der Waals surface area (Å²) in [4.78, 5) is 26.0. The van der Waals surface area contributed by atoms with Crippen molar-refractivity contribution >= 4 is 12.0 Å². The first-order valence-corrected chi connectivity index (χ1v) is 7.44. The molecule has 0 saturated heterocycles. The third-order valence-electron chi connectivity index (χ3n) is 3.20. The van der Waals surface area contributed by atoms with Crippen LogP contribution in [0.5, 0.6) is 0 Å². The molecule has 0 aliphatic carbocycles. The number of urea groups is 1. The number of carbonyl (C=O) groups is 2. The van der Waals surface area contributed by atoms with E-state index < -0.39 is 11.6 Å². The second-order valence-corrected chi connectivity index (χ2v) is 6.02. The molecule has 0 aliphatic rings. The summed E-state index contributed by atoms with van der Waals surface area (Å²) < 4.78 is 5.40. The van der Waals surface area contributed by atoms with E-state index in [9.17, 15) is 9.59 Å². The summed E-state index contributed by atoms with van der Waals surface area (Å²) in [6.45, 7) is 14.5. The van der Waals surface area contributed by atoms with Crippen LogP contribution in [-0.4, -0.2) is 41.6 Å². The molecule has 0 unspecified atom stereocenters. The summed E-state index contributed by atoms with van der Waals surface area (Å²) in [5.74, 6) is -0.336. The Kier molecular flexibility index (Phi) is 7.61. The van der Waals surface area contributed by atoms with Crippen molar-refractivity contribution in [2.45, 2.75) is 66.5 Å². The highest BCUT2D eigenvalue weighted by molar-refractivity contribution is 5.84. The zero-order chi connectivity index (χ0) is 15.9. The second-order valence-electron chi connectivity index (χ2n) is 6.02. The molecule has 5 nitrogen and oxygen atoms in total. The van der Waals surface area contributed by atoms with Crippen LogP contribution in [0.25, 0.3) is 0 Å². The van der Waals surface area contributed by atoms with Gasteiger partial charge in [0.25, 0.3) is 0 Å². The maximum Gasteiger partial charge on any atom is 0.329 e. The first kappa shape index (κ1) is 18.7. The van der Waals surface area contributed by atoms with Gasteiger partial charge in [0.15, 0.2) is 0 Å². The molecule has 0 aliphatic heterocycles. The molecule has 0 heterocycles. The minimum atomic E-state index is -0.604. The minimum absolute atomic E-state index is 0.0318. The van der Waals surface area contributed by atoms with Crippen LogP contribution in [0.3, 0.4) is 0 Å². The predicted octanol–water partition coefficient (Wildman–Crippen LogP) is 2.79. The van der Waals surface area contributed by atoms with Crippen LogP contribution < -0.4 is 5.32 Å². The predicted molar refractivity (Wildman–Crippen MR) is 80.5 cm³/mol. The van der Waals surface area contributed by atoms with Gasteiger partial charge < -0.3 is 15.0 Å². The van der Waals surface area contributed by atoms with Gasteiger partial charge in [-0.3, -0.25) is 0 Å². The fourth-order valence-corrected chi connectivity index (χ4v) is 1.77. The number of hydrogen-bond acceptors (Lipinski definition) is 3. The van der Waals surface area contributed by atoms with Gasteiger partial charge in [0, 0.05) is 13.1 Å². The number of ether oxygens (including phenoxy) is 1. The Morgan fingerprint density at radius 2 is 1.65 bits per heavy atom. The zero-order valence-electron chi connectivity index (χ0n) is 13.9. The van der Waals surface area contributed by atoms with Gasteiger partial charge in [-0.1, -0.05) is 20.3 Å². The molecule has 0 aromatic carbocycles. The Morgan fingerprint density at radius 1 is 1.15 bits per heavy atom. The SMILES string of the molecule is CC[C@H](C)[C@H](NC(=O)N(CC)CC)C(=O)OC(C)(C)C. The molecule has 118 valence electrons. The van der Waals surface area contributed by atoms with E-state index in [-0.39, 0.29) is 17.9 Å². The molecule has 0 saturated carbocycles. The van der Waals surface area contributed by atoms with Crippen LogP contribution in [0.1, 0.15) is 54.9 Å². The van der Waals surface area contributed by atoms with Gasteiger partial charge in [-0.2, -0.15) is 0 Å². The summed E-state index contributed by atoms with van der Waals surface area (Å²) in [6.07, 6.45) is 0.794. The van der Waals surface area contributed by atoms with Gasteiger partial charge in [0.2, 0.25) is 0 Å². The summed E-state index contributed by atoms with van der Waals surface area (Å²) in [7, 11) is 0. The molecule has 20 heavy (non-hydrogen) atoms. The van der Waals surface area contributed by atoms with Crippen LogP contribution in [0, 0.1) is 5.92 Å². The van der Waals surface area contributed by atoms with Crippen molar-refractivity contribution < 1.29 is 14.3 Å². The fraction of sp³-hybridized carbons (Fsp3) is 0.867. The second kappa shape index (κ2) is 8.12. The van der Waals surface area contributed by atoms with E-state index in [4.69, 9.17) is 4.74 Å². The number of hydrogen-bond donors (Lipinski definition) is 1. The highest BCUT2D eigenvalue weighted by atomic mass is 16.6. The minimum Gasteiger partial charge on any atom is -0.458 e. The van der Waals surface area contributed by atoms with Crippen molar-refractivity contribution in [1.29, 1.82) is 0 Å².